The molecule has 0 amide bonds. The molecule has 0 radical (unpaired) electrons. The number of rotatable bonds is 4. The maximum absolute atomic E-state index is 12.9. The molecular weight excluding hydrogens is 314 g/mol. The molecule has 1 aliphatic rings. The van der Waals surface area contributed by atoms with Gasteiger partial charge in [0.15, 0.2) is 0 Å². The molecule has 0 spiro atoms. The molecule has 6 heteroatoms. The maximum Gasteiger partial charge on any atom is 0.307 e. The quantitative estimate of drug-likeness (QED) is 0.933. The molecule has 5 nitrogen and oxygen atoms in total. The predicted molar refractivity (Wildman–Crippen MR) is 87.2 cm³/mol. The van der Waals surface area contributed by atoms with Gasteiger partial charge in [0.05, 0.1) is 17.0 Å². The standard InChI is InChI=1S/C17H17NO4S/c1-12-3-2-4-16-15(12)9-10-18(16)23(21,22)14-7-5-13(6-8-14)11-17(19)20/h2-8H,9-11H2,1H3,(H,19,20). The number of carbonyl (C=O) groups is 1. The fraction of sp³-hybridized carbons (Fsp3) is 0.235. The van der Waals surface area contributed by atoms with Crippen molar-refractivity contribution in [1.29, 1.82) is 0 Å². The van der Waals surface area contributed by atoms with Gasteiger partial charge in [-0.15, -0.1) is 0 Å². The molecule has 0 unspecified atom stereocenters. The summed E-state index contributed by atoms with van der Waals surface area (Å²) in [4.78, 5) is 10.9. The van der Waals surface area contributed by atoms with Crippen LogP contribution in [0.1, 0.15) is 16.7 Å². The lowest BCUT2D eigenvalue weighted by molar-refractivity contribution is -0.136. The summed E-state index contributed by atoms with van der Waals surface area (Å²) in [5.74, 6) is -0.940. The number of hydrogen-bond acceptors (Lipinski definition) is 3. The maximum atomic E-state index is 12.9. The highest BCUT2D eigenvalue weighted by atomic mass is 32.2. The fourth-order valence-corrected chi connectivity index (χ4v) is 4.41. The zero-order valence-corrected chi connectivity index (χ0v) is 13.5. The third-order valence-corrected chi connectivity index (χ3v) is 5.91. The van der Waals surface area contributed by atoms with Crippen LogP contribution in [0, 0.1) is 6.92 Å². The highest BCUT2D eigenvalue weighted by Gasteiger charge is 2.31. The molecule has 0 aromatic heterocycles. The summed E-state index contributed by atoms with van der Waals surface area (Å²) in [6.45, 7) is 2.41. The number of sulfonamides is 1. The van der Waals surface area contributed by atoms with Crippen LogP contribution in [0.5, 0.6) is 0 Å². The lowest BCUT2D eigenvalue weighted by atomic mass is 10.1. The number of aryl methyl sites for hydroxylation is 1. The molecule has 1 aliphatic heterocycles. The van der Waals surface area contributed by atoms with E-state index in [-0.39, 0.29) is 11.3 Å². The Morgan fingerprint density at radius 1 is 1.17 bits per heavy atom. The van der Waals surface area contributed by atoms with E-state index >= 15 is 0 Å². The van der Waals surface area contributed by atoms with Gasteiger partial charge in [-0.3, -0.25) is 9.10 Å². The lowest BCUT2D eigenvalue weighted by Crippen LogP contribution is -2.29. The zero-order chi connectivity index (χ0) is 16.6. The van der Waals surface area contributed by atoms with Crippen molar-refractivity contribution in [2.75, 3.05) is 10.8 Å². The third-order valence-electron chi connectivity index (χ3n) is 4.09. The van der Waals surface area contributed by atoms with Gasteiger partial charge in [0.2, 0.25) is 0 Å². The van der Waals surface area contributed by atoms with Crippen molar-refractivity contribution in [3.05, 3.63) is 59.2 Å². The van der Waals surface area contributed by atoms with Gasteiger partial charge in [0.1, 0.15) is 0 Å². The number of carboxylic acid groups (broad SMARTS) is 1. The first-order valence-corrected chi connectivity index (χ1v) is 8.75. The number of anilines is 1. The van der Waals surface area contributed by atoms with E-state index in [1.165, 1.54) is 16.4 Å². The Labute approximate surface area is 135 Å². The topological polar surface area (TPSA) is 74.7 Å². The van der Waals surface area contributed by atoms with Crippen molar-refractivity contribution in [3.8, 4) is 0 Å². The van der Waals surface area contributed by atoms with Crippen LogP contribution in [0.25, 0.3) is 0 Å². The first-order valence-electron chi connectivity index (χ1n) is 7.31. The van der Waals surface area contributed by atoms with E-state index in [2.05, 4.69) is 0 Å². The van der Waals surface area contributed by atoms with Gasteiger partial charge in [-0.1, -0.05) is 24.3 Å². The van der Waals surface area contributed by atoms with E-state index in [0.29, 0.717) is 18.5 Å². The van der Waals surface area contributed by atoms with Crippen LogP contribution in [-0.4, -0.2) is 26.0 Å². The average molecular weight is 331 g/mol. The highest BCUT2D eigenvalue weighted by molar-refractivity contribution is 7.92. The fourth-order valence-electron chi connectivity index (χ4n) is 2.91. The second-order valence-corrected chi connectivity index (χ2v) is 7.48. The van der Waals surface area contributed by atoms with Crippen LogP contribution in [-0.2, 0) is 27.7 Å². The summed E-state index contributed by atoms with van der Waals surface area (Å²) >= 11 is 0. The predicted octanol–water partition coefficient (Wildman–Crippen LogP) is 2.37. The second-order valence-electron chi connectivity index (χ2n) is 5.61. The Bertz CT molecular complexity index is 857. The number of nitrogens with zero attached hydrogens (tertiary/aromatic N) is 1. The van der Waals surface area contributed by atoms with Crippen molar-refractivity contribution >= 4 is 21.7 Å². The first-order chi connectivity index (χ1) is 10.9. The first kappa shape index (κ1) is 15.6. The van der Waals surface area contributed by atoms with Crippen LogP contribution in [0.2, 0.25) is 0 Å². The molecule has 1 N–H and O–H groups in total. The molecule has 0 saturated heterocycles. The summed E-state index contributed by atoms with van der Waals surface area (Å²) < 4.78 is 27.1. The number of benzene rings is 2. The van der Waals surface area contributed by atoms with Crippen LogP contribution in [0.15, 0.2) is 47.4 Å². The van der Waals surface area contributed by atoms with Crippen molar-refractivity contribution in [2.24, 2.45) is 0 Å². The van der Waals surface area contributed by atoms with Gasteiger partial charge in [0, 0.05) is 6.54 Å². The molecule has 0 atom stereocenters. The smallest absolute Gasteiger partial charge is 0.307 e. The molecular formula is C17H17NO4S. The number of carboxylic acids is 1. The van der Waals surface area contributed by atoms with E-state index < -0.39 is 16.0 Å². The van der Waals surface area contributed by atoms with E-state index in [9.17, 15) is 13.2 Å². The normalized spacial score (nSPS) is 13.9. The van der Waals surface area contributed by atoms with Crippen LogP contribution in [0.4, 0.5) is 5.69 Å². The van der Waals surface area contributed by atoms with Crippen LogP contribution < -0.4 is 4.31 Å². The summed E-state index contributed by atoms with van der Waals surface area (Å²) in [7, 11) is -3.63. The van der Waals surface area contributed by atoms with Crippen molar-refractivity contribution < 1.29 is 18.3 Å². The molecule has 2 aromatic carbocycles. The molecule has 2 aromatic rings. The summed E-state index contributed by atoms with van der Waals surface area (Å²) in [6, 6.07) is 11.7. The number of hydrogen-bond donors (Lipinski definition) is 1. The van der Waals surface area contributed by atoms with E-state index in [1.54, 1.807) is 12.1 Å². The summed E-state index contributed by atoms with van der Waals surface area (Å²) in [5.41, 5.74) is 3.48. The largest absolute Gasteiger partial charge is 0.481 e. The molecule has 0 fully saturated rings. The molecule has 3 rings (SSSR count). The average Bonchev–Trinajstić information content (AvgIpc) is 2.93. The van der Waals surface area contributed by atoms with Gasteiger partial charge in [0.25, 0.3) is 10.0 Å². The van der Waals surface area contributed by atoms with E-state index in [4.69, 9.17) is 5.11 Å². The van der Waals surface area contributed by atoms with Gasteiger partial charge in [-0.2, -0.15) is 0 Å². The Morgan fingerprint density at radius 2 is 1.87 bits per heavy atom. The van der Waals surface area contributed by atoms with Gasteiger partial charge in [-0.05, 0) is 48.2 Å². The SMILES string of the molecule is Cc1cccc2c1CCN2S(=O)(=O)c1ccc(CC(=O)O)cc1. The Balaban J connectivity index is 1.95. The monoisotopic (exact) mass is 331 g/mol. The number of fused-ring (bicyclic) bond motifs is 1. The lowest BCUT2D eigenvalue weighted by Gasteiger charge is -2.20. The summed E-state index contributed by atoms with van der Waals surface area (Å²) in [5, 5.41) is 8.78. The van der Waals surface area contributed by atoms with Gasteiger partial charge >= 0.3 is 5.97 Å². The second kappa shape index (κ2) is 5.70. The van der Waals surface area contributed by atoms with Gasteiger partial charge < -0.3 is 5.11 Å². The number of aliphatic carboxylic acids is 1. The van der Waals surface area contributed by atoms with E-state index in [1.807, 2.05) is 25.1 Å². The molecule has 23 heavy (non-hydrogen) atoms. The van der Waals surface area contributed by atoms with Crippen molar-refractivity contribution in [3.63, 3.8) is 0 Å². The Morgan fingerprint density at radius 3 is 2.52 bits per heavy atom. The van der Waals surface area contributed by atoms with Crippen LogP contribution >= 0.6 is 0 Å². The minimum absolute atomic E-state index is 0.119. The molecule has 1 heterocycles. The molecule has 120 valence electrons. The molecule has 0 saturated carbocycles. The van der Waals surface area contributed by atoms with Gasteiger partial charge in [-0.25, -0.2) is 8.42 Å². The Hall–Kier alpha value is -2.34. The Kier molecular flexibility index (Phi) is 3.85. The molecule has 0 bridgehead atoms. The van der Waals surface area contributed by atoms with Crippen LogP contribution in [0.3, 0.4) is 0 Å². The summed E-state index contributed by atoms with van der Waals surface area (Å²) in [6.07, 6.45) is 0.588. The third kappa shape index (κ3) is 2.82. The minimum atomic E-state index is -3.63. The minimum Gasteiger partial charge on any atom is -0.481 e. The van der Waals surface area contributed by atoms with E-state index in [0.717, 1.165) is 16.8 Å². The highest BCUT2D eigenvalue weighted by Crippen LogP contribution is 2.34. The molecule has 0 aliphatic carbocycles. The zero-order valence-electron chi connectivity index (χ0n) is 12.7. The van der Waals surface area contributed by atoms with Crippen molar-refractivity contribution in [2.45, 2.75) is 24.7 Å². The van der Waals surface area contributed by atoms with Crippen molar-refractivity contribution in [1.82, 2.24) is 0 Å².